The normalized spacial score (nSPS) is 19.1. The number of carboxylic acid groups (broad SMARTS) is 1. The molecule has 0 unspecified atom stereocenters. The molecule has 0 aromatic carbocycles. The van der Waals surface area contributed by atoms with E-state index in [0.29, 0.717) is 0 Å². The van der Waals surface area contributed by atoms with E-state index in [9.17, 15) is 9.90 Å². The Hall–Kier alpha value is -2.06. The molecular weight excluding hydrogens is 256 g/mol. The third kappa shape index (κ3) is 2.91. The first-order valence-corrected chi connectivity index (χ1v) is 6.64. The number of hydrogen-bond donors (Lipinski definition) is 0. The van der Waals surface area contributed by atoms with Crippen molar-refractivity contribution in [3.05, 3.63) is 28.6 Å². The number of carbonyl (C=O) groups excluding carboxylic acids is 1. The minimum Gasteiger partial charge on any atom is -0.544 e. The zero-order valence-electron chi connectivity index (χ0n) is 11.7. The molecule has 106 valence electrons. The second kappa shape index (κ2) is 5.93. The molecule has 0 bridgehead atoms. The summed E-state index contributed by atoms with van der Waals surface area (Å²) in [5.41, 5.74) is 2.34. The van der Waals surface area contributed by atoms with Crippen molar-refractivity contribution in [2.45, 2.75) is 39.3 Å². The van der Waals surface area contributed by atoms with Gasteiger partial charge in [-0.25, -0.2) is 0 Å². The minimum atomic E-state index is -1.45. The highest BCUT2D eigenvalue weighted by molar-refractivity contribution is 5.95. The Morgan fingerprint density at radius 3 is 2.95 bits per heavy atom. The predicted octanol–water partition coefficient (Wildman–Crippen LogP) is 0.941. The van der Waals surface area contributed by atoms with E-state index < -0.39 is 5.97 Å². The van der Waals surface area contributed by atoms with Gasteiger partial charge in [-0.3, -0.25) is 0 Å². The van der Waals surface area contributed by atoms with Gasteiger partial charge in [-0.2, -0.15) is 5.26 Å². The van der Waals surface area contributed by atoms with Crippen LogP contribution in [0.5, 0.6) is 0 Å². The van der Waals surface area contributed by atoms with Crippen molar-refractivity contribution >= 4 is 12.0 Å². The molecule has 0 amide bonds. The third-order valence-corrected chi connectivity index (χ3v) is 3.66. The van der Waals surface area contributed by atoms with Crippen LogP contribution in [-0.4, -0.2) is 23.2 Å². The molecule has 0 aliphatic carbocycles. The van der Waals surface area contributed by atoms with Crippen molar-refractivity contribution in [1.29, 1.82) is 5.26 Å². The van der Waals surface area contributed by atoms with Gasteiger partial charge in [0.15, 0.2) is 0 Å². The van der Waals surface area contributed by atoms with Crippen LogP contribution in [-0.2, 0) is 16.1 Å². The number of aryl methyl sites for hydroxylation is 1. The molecule has 1 aromatic heterocycles. The van der Waals surface area contributed by atoms with Gasteiger partial charge in [0.05, 0.1) is 17.6 Å². The number of nitrogens with zero attached hydrogens (tertiary/aromatic N) is 2. The second-order valence-corrected chi connectivity index (χ2v) is 5.03. The molecule has 1 atom stereocenters. The molecule has 0 saturated carbocycles. The van der Waals surface area contributed by atoms with Gasteiger partial charge < -0.3 is 19.2 Å². The topological polar surface area (TPSA) is 78.1 Å². The Morgan fingerprint density at radius 2 is 2.40 bits per heavy atom. The van der Waals surface area contributed by atoms with Gasteiger partial charge in [0, 0.05) is 24.5 Å². The number of carboxylic acids is 1. The molecular formula is C15H17N2O3-. The van der Waals surface area contributed by atoms with Crippen molar-refractivity contribution in [2.75, 3.05) is 6.61 Å². The molecule has 2 heterocycles. The van der Waals surface area contributed by atoms with Crippen LogP contribution >= 0.6 is 0 Å². The van der Waals surface area contributed by atoms with Gasteiger partial charge in [0.25, 0.3) is 0 Å². The summed E-state index contributed by atoms with van der Waals surface area (Å²) in [7, 11) is 0. The average Bonchev–Trinajstić information content (AvgIpc) is 3.00. The molecule has 0 N–H and O–H groups in total. The number of carbonyl (C=O) groups is 1. The van der Waals surface area contributed by atoms with E-state index in [4.69, 9.17) is 10.00 Å². The molecule has 1 aromatic rings. The maximum absolute atomic E-state index is 10.8. The quantitative estimate of drug-likeness (QED) is 0.604. The van der Waals surface area contributed by atoms with Crippen LogP contribution in [0.3, 0.4) is 0 Å². The number of aliphatic carboxylic acids is 1. The lowest BCUT2D eigenvalue weighted by Crippen LogP contribution is -2.23. The summed E-state index contributed by atoms with van der Waals surface area (Å²) in [5, 5.41) is 19.6. The highest BCUT2D eigenvalue weighted by Gasteiger charge is 2.18. The minimum absolute atomic E-state index is 0.216. The summed E-state index contributed by atoms with van der Waals surface area (Å²) in [6, 6.07) is 3.52. The average molecular weight is 273 g/mol. The predicted molar refractivity (Wildman–Crippen MR) is 71.5 cm³/mol. The van der Waals surface area contributed by atoms with E-state index in [1.165, 1.54) is 6.08 Å². The van der Waals surface area contributed by atoms with Crippen LogP contribution in [0.25, 0.3) is 6.08 Å². The summed E-state index contributed by atoms with van der Waals surface area (Å²) in [6.07, 6.45) is 3.71. The molecule has 5 nitrogen and oxygen atoms in total. The SMILES string of the molecule is Cc1cc(/C=C(/C#N)C(=O)[O-])c(C)n1C[C@H]1CCCO1. The molecule has 0 radical (unpaired) electrons. The van der Waals surface area contributed by atoms with E-state index >= 15 is 0 Å². The highest BCUT2D eigenvalue weighted by atomic mass is 16.5. The zero-order valence-corrected chi connectivity index (χ0v) is 11.7. The molecule has 2 rings (SSSR count). The van der Waals surface area contributed by atoms with E-state index in [1.807, 2.05) is 19.9 Å². The maximum Gasteiger partial charge on any atom is 0.101 e. The molecule has 1 saturated heterocycles. The number of aromatic nitrogens is 1. The monoisotopic (exact) mass is 273 g/mol. The van der Waals surface area contributed by atoms with Crippen molar-refractivity contribution in [3.63, 3.8) is 0 Å². The van der Waals surface area contributed by atoms with Crippen LogP contribution in [0.15, 0.2) is 11.6 Å². The molecule has 5 heteroatoms. The summed E-state index contributed by atoms with van der Waals surface area (Å²) < 4.78 is 7.73. The first kappa shape index (κ1) is 14.4. The lowest BCUT2D eigenvalue weighted by atomic mass is 10.1. The van der Waals surface area contributed by atoms with E-state index in [-0.39, 0.29) is 11.7 Å². The van der Waals surface area contributed by atoms with Crippen LogP contribution in [0.1, 0.15) is 29.8 Å². The smallest absolute Gasteiger partial charge is 0.101 e. The zero-order chi connectivity index (χ0) is 14.7. The van der Waals surface area contributed by atoms with Crippen LogP contribution in [0.2, 0.25) is 0 Å². The van der Waals surface area contributed by atoms with Gasteiger partial charge >= 0.3 is 0 Å². The molecule has 20 heavy (non-hydrogen) atoms. The second-order valence-electron chi connectivity index (χ2n) is 5.03. The lowest BCUT2D eigenvalue weighted by Gasteiger charge is -2.14. The summed E-state index contributed by atoms with van der Waals surface area (Å²) >= 11 is 0. The summed E-state index contributed by atoms with van der Waals surface area (Å²) in [6.45, 7) is 5.45. The molecule has 0 spiro atoms. The summed E-state index contributed by atoms with van der Waals surface area (Å²) in [4.78, 5) is 10.8. The highest BCUT2D eigenvalue weighted by Crippen LogP contribution is 2.21. The summed E-state index contributed by atoms with van der Waals surface area (Å²) in [5.74, 6) is -1.45. The molecule has 1 aliphatic heterocycles. The van der Waals surface area contributed by atoms with Gasteiger partial charge in [0.1, 0.15) is 6.07 Å². The van der Waals surface area contributed by atoms with Crippen molar-refractivity contribution in [1.82, 2.24) is 4.57 Å². The van der Waals surface area contributed by atoms with Crippen LogP contribution in [0, 0.1) is 25.2 Å². The molecule has 1 aliphatic rings. The number of ether oxygens (including phenoxy) is 1. The third-order valence-electron chi connectivity index (χ3n) is 3.66. The van der Waals surface area contributed by atoms with E-state index in [2.05, 4.69) is 4.57 Å². The standard InChI is InChI=1S/C15H18N2O3/c1-10-6-12(7-13(8-16)15(18)19)11(2)17(10)9-14-4-3-5-20-14/h6-7,14H,3-5,9H2,1-2H3,(H,18,19)/p-1/b13-7-/t14-/m1/s1. The lowest BCUT2D eigenvalue weighted by molar-refractivity contribution is -0.298. The van der Waals surface area contributed by atoms with Gasteiger partial charge in [-0.05, 0) is 44.4 Å². The molecule has 1 fully saturated rings. The van der Waals surface area contributed by atoms with E-state index in [0.717, 1.165) is 42.9 Å². The Morgan fingerprint density at radius 1 is 1.65 bits per heavy atom. The number of nitriles is 1. The van der Waals surface area contributed by atoms with Crippen molar-refractivity contribution in [2.24, 2.45) is 0 Å². The van der Waals surface area contributed by atoms with Crippen LogP contribution < -0.4 is 5.11 Å². The Balaban J connectivity index is 2.28. The van der Waals surface area contributed by atoms with Gasteiger partial charge in [0.2, 0.25) is 0 Å². The fraction of sp³-hybridized carbons (Fsp3) is 0.467. The number of rotatable bonds is 4. The maximum atomic E-state index is 10.8. The Kier molecular flexibility index (Phi) is 4.26. The Labute approximate surface area is 118 Å². The largest absolute Gasteiger partial charge is 0.544 e. The first-order chi connectivity index (χ1) is 9.52. The van der Waals surface area contributed by atoms with Gasteiger partial charge in [-0.1, -0.05) is 0 Å². The fourth-order valence-corrected chi connectivity index (χ4v) is 2.54. The van der Waals surface area contributed by atoms with Gasteiger partial charge in [-0.15, -0.1) is 0 Å². The fourth-order valence-electron chi connectivity index (χ4n) is 2.54. The van der Waals surface area contributed by atoms with Crippen LogP contribution in [0.4, 0.5) is 0 Å². The Bertz CT molecular complexity index is 587. The first-order valence-electron chi connectivity index (χ1n) is 6.64. The van der Waals surface area contributed by atoms with Crippen molar-refractivity contribution < 1.29 is 14.6 Å². The van der Waals surface area contributed by atoms with Crippen molar-refractivity contribution in [3.8, 4) is 6.07 Å². The number of hydrogen-bond acceptors (Lipinski definition) is 4. The van der Waals surface area contributed by atoms with E-state index in [1.54, 1.807) is 6.07 Å².